The fourth-order valence-electron chi connectivity index (χ4n) is 2.00. The van der Waals surface area contributed by atoms with Crippen LogP contribution in [0.15, 0.2) is 42.5 Å². The largest absolute Gasteiger partial charge is 0.385 e. The second kappa shape index (κ2) is 8.57. The summed E-state index contributed by atoms with van der Waals surface area (Å²) in [5.41, 5.74) is 2.12. The number of halogens is 2. The molecule has 0 radical (unpaired) electrons. The molecule has 0 aromatic heterocycles. The van der Waals surface area contributed by atoms with Crippen molar-refractivity contribution < 1.29 is 9.59 Å². The van der Waals surface area contributed by atoms with Crippen LogP contribution in [0, 0.1) is 0 Å². The number of hydrogen-bond acceptors (Lipinski definition) is 3. The van der Waals surface area contributed by atoms with E-state index in [0.29, 0.717) is 22.3 Å². The Labute approximate surface area is 150 Å². The van der Waals surface area contributed by atoms with Gasteiger partial charge >= 0.3 is 0 Å². The van der Waals surface area contributed by atoms with Crippen molar-refractivity contribution in [2.45, 2.75) is 13.3 Å². The second-order valence-electron chi connectivity index (χ2n) is 5.11. The fraction of sp³-hybridized carbons (Fsp3) is 0.176. The number of nitrogens with one attached hydrogen (secondary N) is 3. The predicted molar refractivity (Wildman–Crippen MR) is 98.9 cm³/mol. The van der Waals surface area contributed by atoms with Gasteiger partial charge in [-0.1, -0.05) is 23.2 Å². The van der Waals surface area contributed by atoms with Gasteiger partial charge in [-0.3, -0.25) is 9.59 Å². The highest BCUT2D eigenvalue weighted by Crippen LogP contribution is 2.25. The number of benzene rings is 2. The summed E-state index contributed by atoms with van der Waals surface area (Å²) in [4.78, 5) is 22.9. The third kappa shape index (κ3) is 5.76. The molecule has 24 heavy (non-hydrogen) atoms. The number of rotatable bonds is 6. The zero-order valence-electron chi connectivity index (χ0n) is 13.0. The van der Waals surface area contributed by atoms with Crippen molar-refractivity contribution in [2.75, 3.05) is 22.5 Å². The minimum atomic E-state index is -0.151. The van der Waals surface area contributed by atoms with Crippen LogP contribution in [0.1, 0.15) is 13.3 Å². The van der Waals surface area contributed by atoms with E-state index >= 15 is 0 Å². The van der Waals surface area contributed by atoms with Gasteiger partial charge in [0.1, 0.15) is 0 Å². The quantitative estimate of drug-likeness (QED) is 0.710. The van der Waals surface area contributed by atoms with Gasteiger partial charge in [-0.2, -0.15) is 0 Å². The van der Waals surface area contributed by atoms with E-state index in [1.807, 2.05) is 12.1 Å². The Balaban J connectivity index is 1.79. The summed E-state index contributed by atoms with van der Waals surface area (Å²) in [7, 11) is 0. The molecule has 2 rings (SSSR count). The molecule has 0 fully saturated rings. The van der Waals surface area contributed by atoms with Gasteiger partial charge in [0.05, 0.1) is 10.7 Å². The molecule has 0 spiro atoms. The summed E-state index contributed by atoms with van der Waals surface area (Å²) < 4.78 is 0. The minimum Gasteiger partial charge on any atom is -0.385 e. The molecule has 7 heteroatoms. The predicted octanol–water partition coefficient (Wildman–Crippen LogP) is 4.39. The van der Waals surface area contributed by atoms with Gasteiger partial charge in [-0.15, -0.1) is 0 Å². The van der Waals surface area contributed by atoms with E-state index in [2.05, 4.69) is 16.0 Å². The van der Waals surface area contributed by atoms with Crippen molar-refractivity contribution in [3.05, 3.63) is 52.5 Å². The van der Waals surface area contributed by atoms with E-state index in [1.165, 1.54) is 6.92 Å². The van der Waals surface area contributed by atoms with Gasteiger partial charge in [0.2, 0.25) is 11.8 Å². The lowest BCUT2D eigenvalue weighted by molar-refractivity contribution is -0.116. The van der Waals surface area contributed by atoms with Crippen LogP contribution in [-0.4, -0.2) is 18.4 Å². The first-order chi connectivity index (χ1) is 11.4. The lowest BCUT2D eigenvalue weighted by Gasteiger charge is -2.09. The van der Waals surface area contributed by atoms with Gasteiger partial charge in [0, 0.05) is 36.3 Å². The Morgan fingerprint density at radius 1 is 0.958 bits per heavy atom. The Hall–Kier alpha value is -2.24. The van der Waals surface area contributed by atoms with Gasteiger partial charge in [-0.25, -0.2) is 0 Å². The molecule has 2 amide bonds. The zero-order valence-corrected chi connectivity index (χ0v) is 14.5. The second-order valence-corrected chi connectivity index (χ2v) is 5.95. The van der Waals surface area contributed by atoms with E-state index in [4.69, 9.17) is 23.2 Å². The molecule has 0 unspecified atom stereocenters. The normalized spacial score (nSPS) is 10.1. The smallest absolute Gasteiger partial charge is 0.226 e. The molecule has 2 aromatic carbocycles. The maximum Gasteiger partial charge on any atom is 0.226 e. The van der Waals surface area contributed by atoms with Crippen LogP contribution in [0.2, 0.25) is 10.0 Å². The molecule has 0 saturated heterocycles. The maximum atomic E-state index is 11.9. The highest BCUT2D eigenvalue weighted by Gasteiger charge is 2.06. The summed E-state index contributed by atoms with van der Waals surface area (Å²) in [6.07, 6.45) is 0.284. The summed E-state index contributed by atoms with van der Waals surface area (Å²) in [6.45, 7) is 1.92. The summed E-state index contributed by atoms with van der Waals surface area (Å²) in [5.74, 6) is -0.269. The third-order valence-corrected chi connectivity index (χ3v) is 3.64. The van der Waals surface area contributed by atoms with Gasteiger partial charge in [0.15, 0.2) is 0 Å². The van der Waals surface area contributed by atoms with Crippen LogP contribution < -0.4 is 16.0 Å². The van der Waals surface area contributed by atoms with E-state index in [1.54, 1.807) is 30.3 Å². The molecule has 2 aromatic rings. The zero-order chi connectivity index (χ0) is 17.5. The first-order valence-electron chi connectivity index (χ1n) is 7.30. The topological polar surface area (TPSA) is 70.2 Å². The van der Waals surface area contributed by atoms with Crippen LogP contribution in [0.4, 0.5) is 17.1 Å². The lowest BCUT2D eigenvalue weighted by Crippen LogP contribution is -2.16. The summed E-state index contributed by atoms with van der Waals surface area (Å²) in [6, 6.07) is 12.1. The van der Waals surface area contributed by atoms with Crippen molar-refractivity contribution in [1.29, 1.82) is 0 Å². The molecule has 3 N–H and O–H groups in total. The van der Waals surface area contributed by atoms with Crippen molar-refractivity contribution in [3.63, 3.8) is 0 Å². The van der Waals surface area contributed by atoms with Crippen molar-refractivity contribution in [1.82, 2.24) is 0 Å². The SMILES string of the molecule is CC(=O)Nc1ccc(NCCC(=O)Nc2ccc(Cl)cc2Cl)cc1. The first kappa shape index (κ1) is 18.1. The Morgan fingerprint density at radius 3 is 2.25 bits per heavy atom. The molecular formula is C17H17Cl2N3O2. The Bertz CT molecular complexity index is 733. The molecule has 5 nitrogen and oxygen atoms in total. The fourth-order valence-corrected chi connectivity index (χ4v) is 2.45. The van der Waals surface area contributed by atoms with Crippen molar-refractivity contribution >= 4 is 52.1 Å². The average molecular weight is 366 g/mol. The molecule has 126 valence electrons. The van der Waals surface area contributed by atoms with E-state index < -0.39 is 0 Å². The molecule has 0 atom stereocenters. The number of amides is 2. The molecule has 0 aliphatic heterocycles. The number of carbonyl (C=O) groups excluding carboxylic acids is 2. The molecule has 0 saturated carbocycles. The van der Waals surface area contributed by atoms with E-state index in [-0.39, 0.29) is 18.2 Å². The number of anilines is 3. The molecule has 0 aliphatic carbocycles. The van der Waals surface area contributed by atoms with Crippen LogP contribution in [0.3, 0.4) is 0 Å². The average Bonchev–Trinajstić information content (AvgIpc) is 2.51. The lowest BCUT2D eigenvalue weighted by atomic mass is 10.2. The Morgan fingerprint density at radius 2 is 1.62 bits per heavy atom. The number of carbonyl (C=O) groups is 2. The van der Waals surface area contributed by atoms with Gasteiger partial charge < -0.3 is 16.0 Å². The van der Waals surface area contributed by atoms with Crippen LogP contribution >= 0.6 is 23.2 Å². The van der Waals surface area contributed by atoms with Crippen LogP contribution in [0.5, 0.6) is 0 Å². The molecule has 0 aliphatic rings. The molecule has 0 bridgehead atoms. The molecule has 0 heterocycles. The molecular weight excluding hydrogens is 349 g/mol. The van der Waals surface area contributed by atoms with Crippen LogP contribution in [-0.2, 0) is 9.59 Å². The third-order valence-electron chi connectivity index (χ3n) is 3.09. The van der Waals surface area contributed by atoms with Crippen molar-refractivity contribution in [2.24, 2.45) is 0 Å². The standard InChI is InChI=1S/C17H17Cl2N3O2/c1-11(23)21-14-5-3-13(4-6-14)20-9-8-17(24)22-16-7-2-12(18)10-15(16)19/h2-7,10,20H,8-9H2,1H3,(H,21,23)(H,22,24). The monoisotopic (exact) mass is 365 g/mol. The highest BCUT2D eigenvalue weighted by atomic mass is 35.5. The van der Waals surface area contributed by atoms with E-state index in [9.17, 15) is 9.59 Å². The number of hydrogen-bond donors (Lipinski definition) is 3. The van der Waals surface area contributed by atoms with Gasteiger partial charge in [0.25, 0.3) is 0 Å². The summed E-state index contributed by atoms with van der Waals surface area (Å²) in [5, 5.41) is 9.48. The maximum absolute atomic E-state index is 11.9. The Kier molecular flexibility index (Phi) is 6.46. The summed E-state index contributed by atoms with van der Waals surface area (Å²) >= 11 is 11.8. The van der Waals surface area contributed by atoms with Gasteiger partial charge in [-0.05, 0) is 42.5 Å². The van der Waals surface area contributed by atoms with E-state index in [0.717, 1.165) is 11.4 Å². The highest BCUT2D eigenvalue weighted by molar-refractivity contribution is 6.36. The first-order valence-corrected chi connectivity index (χ1v) is 8.06. The van der Waals surface area contributed by atoms with Crippen molar-refractivity contribution in [3.8, 4) is 0 Å². The minimum absolute atomic E-state index is 0.117. The van der Waals surface area contributed by atoms with Crippen LogP contribution in [0.25, 0.3) is 0 Å².